The molecule has 0 radical (unpaired) electrons. The van der Waals surface area contributed by atoms with E-state index in [9.17, 15) is 9.59 Å². The SMILES string of the molecule is CCCn1ccnc1SCCCn1c(=O)c2c(ncn2C)n(C)c1=O. The van der Waals surface area contributed by atoms with Crippen molar-refractivity contribution in [3.05, 3.63) is 39.6 Å². The Kier molecular flexibility index (Phi) is 5.12. The molecular formula is C16H22N6O2S. The van der Waals surface area contributed by atoms with Crippen molar-refractivity contribution in [1.82, 2.24) is 28.2 Å². The quantitative estimate of drug-likeness (QED) is 0.466. The predicted octanol–water partition coefficient (Wildman–Crippen LogP) is 1.22. The van der Waals surface area contributed by atoms with Gasteiger partial charge in [-0.05, 0) is 12.8 Å². The summed E-state index contributed by atoms with van der Waals surface area (Å²) < 4.78 is 6.50. The van der Waals surface area contributed by atoms with Gasteiger partial charge in [0.05, 0.1) is 6.33 Å². The van der Waals surface area contributed by atoms with Gasteiger partial charge in [0.25, 0.3) is 5.56 Å². The predicted molar refractivity (Wildman–Crippen MR) is 98.1 cm³/mol. The van der Waals surface area contributed by atoms with Crippen molar-refractivity contribution in [2.75, 3.05) is 5.75 Å². The van der Waals surface area contributed by atoms with Crippen molar-refractivity contribution in [2.45, 2.75) is 38.0 Å². The minimum absolute atomic E-state index is 0.282. The smallest absolute Gasteiger partial charge is 0.328 e. The Labute approximate surface area is 149 Å². The molecule has 0 saturated heterocycles. The van der Waals surface area contributed by atoms with Crippen molar-refractivity contribution in [3.63, 3.8) is 0 Å². The van der Waals surface area contributed by atoms with Crippen molar-refractivity contribution in [1.29, 1.82) is 0 Å². The molecule has 0 aliphatic heterocycles. The Morgan fingerprint density at radius 1 is 1.16 bits per heavy atom. The van der Waals surface area contributed by atoms with Gasteiger partial charge in [0.1, 0.15) is 0 Å². The van der Waals surface area contributed by atoms with Crippen LogP contribution in [0.25, 0.3) is 11.2 Å². The van der Waals surface area contributed by atoms with Gasteiger partial charge in [-0.1, -0.05) is 18.7 Å². The van der Waals surface area contributed by atoms with E-state index in [4.69, 9.17) is 0 Å². The topological polar surface area (TPSA) is 79.6 Å². The highest BCUT2D eigenvalue weighted by atomic mass is 32.2. The summed E-state index contributed by atoms with van der Waals surface area (Å²) in [5.74, 6) is 0.791. The van der Waals surface area contributed by atoms with Gasteiger partial charge < -0.3 is 9.13 Å². The molecule has 0 unspecified atom stereocenters. The fourth-order valence-electron chi connectivity index (χ4n) is 2.83. The maximum atomic E-state index is 12.6. The van der Waals surface area contributed by atoms with E-state index in [1.807, 2.05) is 6.20 Å². The average molecular weight is 362 g/mol. The third kappa shape index (κ3) is 3.28. The van der Waals surface area contributed by atoms with Crippen molar-refractivity contribution >= 4 is 22.9 Å². The second-order valence-corrected chi connectivity index (χ2v) is 6.99. The Hall–Kier alpha value is -2.29. The van der Waals surface area contributed by atoms with E-state index < -0.39 is 0 Å². The van der Waals surface area contributed by atoms with Crippen LogP contribution in [0.2, 0.25) is 0 Å². The minimum atomic E-state index is -0.325. The number of fused-ring (bicyclic) bond motifs is 1. The molecule has 3 rings (SSSR count). The number of hydrogen-bond donors (Lipinski definition) is 0. The van der Waals surface area contributed by atoms with Crippen LogP contribution < -0.4 is 11.2 Å². The van der Waals surface area contributed by atoms with Crippen LogP contribution in [0.15, 0.2) is 33.5 Å². The molecule has 3 aromatic heterocycles. The molecule has 0 fully saturated rings. The molecule has 3 aromatic rings. The summed E-state index contributed by atoms with van der Waals surface area (Å²) in [5, 5.41) is 0.976. The van der Waals surface area contributed by atoms with Gasteiger partial charge >= 0.3 is 5.69 Å². The molecule has 8 nitrogen and oxygen atoms in total. The van der Waals surface area contributed by atoms with Gasteiger partial charge in [0.15, 0.2) is 16.3 Å². The van der Waals surface area contributed by atoms with Crippen LogP contribution in [0.5, 0.6) is 0 Å². The molecule has 0 N–H and O–H groups in total. The lowest BCUT2D eigenvalue weighted by molar-refractivity contribution is 0.592. The Morgan fingerprint density at radius 3 is 2.72 bits per heavy atom. The number of imidazole rings is 2. The lowest BCUT2D eigenvalue weighted by Crippen LogP contribution is -2.39. The number of aryl methyl sites for hydroxylation is 3. The second kappa shape index (κ2) is 7.30. The first-order chi connectivity index (χ1) is 12.0. The molecule has 0 saturated carbocycles. The zero-order valence-corrected chi connectivity index (χ0v) is 15.5. The fraction of sp³-hybridized carbons (Fsp3) is 0.500. The van der Waals surface area contributed by atoms with E-state index in [1.165, 1.54) is 9.13 Å². The molecular weight excluding hydrogens is 340 g/mol. The highest BCUT2D eigenvalue weighted by Gasteiger charge is 2.14. The Morgan fingerprint density at radius 2 is 1.96 bits per heavy atom. The number of hydrogen-bond acceptors (Lipinski definition) is 5. The van der Waals surface area contributed by atoms with Crippen LogP contribution in [-0.4, -0.2) is 34.0 Å². The van der Waals surface area contributed by atoms with Gasteiger partial charge in [-0.15, -0.1) is 0 Å². The highest BCUT2D eigenvalue weighted by molar-refractivity contribution is 7.99. The molecule has 0 bridgehead atoms. The van der Waals surface area contributed by atoms with Crippen LogP contribution in [-0.2, 0) is 27.2 Å². The molecule has 134 valence electrons. The highest BCUT2D eigenvalue weighted by Crippen LogP contribution is 2.17. The zero-order chi connectivity index (χ0) is 18.0. The molecule has 0 aliphatic rings. The van der Waals surface area contributed by atoms with E-state index in [0.29, 0.717) is 24.1 Å². The summed E-state index contributed by atoms with van der Waals surface area (Å²) in [5.41, 5.74) is 0.266. The summed E-state index contributed by atoms with van der Waals surface area (Å²) in [4.78, 5) is 33.5. The van der Waals surface area contributed by atoms with Gasteiger partial charge in [-0.3, -0.25) is 13.9 Å². The molecule has 9 heteroatoms. The van der Waals surface area contributed by atoms with Crippen molar-refractivity contribution in [2.24, 2.45) is 14.1 Å². The molecule has 0 aromatic carbocycles. The number of thioether (sulfide) groups is 1. The van der Waals surface area contributed by atoms with Crippen LogP contribution in [0, 0.1) is 0 Å². The maximum Gasteiger partial charge on any atom is 0.332 e. The van der Waals surface area contributed by atoms with Crippen LogP contribution in [0.1, 0.15) is 19.8 Å². The summed E-state index contributed by atoms with van der Waals surface area (Å²) in [6, 6.07) is 0. The molecule has 25 heavy (non-hydrogen) atoms. The molecule has 3 heterocycles. The normalized spacial score (nSPS) is 11.5. The van der Waals surface area contributed by atoms with E-state index in [-0.39, 0.29) is 11.2 Å². The van der Waals surface area contributed by atoms with E-state index in [1.54, 1.807) is 42.9 Å². The zero-order valence-electron chi connectivity index (χ0n) is 14.7. The third-order valence-corrected chi connectivity index (χ3v) is 5.19. The molecule has 0 atom stereocenters. The first kappa shape index (κ1) is 17.5. The van der Waals surface area contributed by atoms with E-state index >= 15 is 0 Å². The summed E-state index contributed by atoms with van der Waals surface area (Å²) in [6.45, 7) is 3.46. The second-order valence-electron chi connectivity index (χ2n) is 5.93. The first-order valence-corrected chi connectivity index (χ1v) is 9.28. The van der Waals surface area contributed by atoms with Crippen LogP contribution in [0.4, 0.5) is 0 Å². The van der Waals surface area contributed by atoms with Gasteiger partial charge in [0, 0.05) is 45.3 Å². The molecule has 0 aliphatic carbocycles. The van der Waals surface area contributed by atoms with E-state index in [0.717, 1.165) is 23.9 Å². The Bertz CT molecular complexity index is 996. The largest absolute Gasteiger partial charge is 0.332 e. The average Bonchev–Trinajstić information content (AvgIpc) is 3.19. The van der Waals surface area contributed by atoms with Crippen molar-refractivity contribution < 1.29 is 0 Å². The number of rotatable bonds is 7. The van der Waals surface area contributed by atoms with Gasteiger partial charge in [-0.25, -0.2) is 14.8 Å². The summed E-state index contributed by atoms with van der Waals surface area (Å²) >= 11 is 1.65. The number of aromatic nitrogens is 6. The number of nitrogens with zero attached hydrogens (tertiary/aromatic N) is 6. The fourth-order valence-corrected chi connectivity index (χ4v) is 3.74. The van der Waals surface area contributed by atoms with Gasteiger partial charge in [0.2, 0.25) is 0 Å². The van der Waals surface area contributed by atoms with Crippen LogP contribution >= 0.6 is 11.8 Å². The lowest BCUT2D eigenvalue weighted by Gasteiger charge is -2.09. The Balaban J connectivity index is 1.73. The minimum Gasteiger partial charge on any atom is -0.328 e. The third-order valence-electron chi connectivity index (χ3n) is 4.10. The summed E-state index contributed by atoms with van der Waals surface area (Å²) in [7, 11) is 3.40. The van der Waals surface area contributed by atoms with E-state index in [2.05, 4.69) is 21.5 Å². The monoisotopic (exact) mass is 362 g/mol. The standard InChI is InChI=1S/C16H22N6O2S/c1-4-7-21-9-6-17-15(21)25-10-5-8-22-14(23)12-13(18-11-19(12)2)20(3)16(22)24/h6,9,11H,4-5,7-8,10H2,1-3H3. The lowest BCUT2D eigenvalue weighted by atomic mass is 10.4. The van der Waals surface area contributed by atoms with Crippen LogP contribution in [0.3, 0.4) is 0 Å². The maximum absolute atomic E-state index is 12.6. The first-order valence-electron chi connectivity index (χ1n) is 8.29. The molecule has 0 spiro atoms. The van der Waals surface area contributed by atoms with Gasteiger partial charge in [-0.2, -0.15) is 0 Å². The van der Waals surface area contributed by atoms with Crippen molar-refractivity contribution in [3.8, 4) is 0 Å². The molecule has 0 amide bonds. The summed E-state index contributed by atoms with van der Waals surface area (Å²) in [6.07, 6.45) is 7.10.